The average Bonchev–Trinajstić information content (AvgIpc) is 3.81. The van der Waals surface area contributed by atoms with E-state index in [9.17, 15) is 19.6 Å². The van der Waals surface area contributed by atoms with Crippen molar-refractivity contribution in [2.45, 2.75) is 44.2 Å². The molecule has 2 atom stereocenters. The summed E-state index contributed by atoms with van der Waals surface area (Å²) in [4.78, 5) is 51.0. The Morgan fingerprint density at radius 1 is 1.14 bits per heavy atom. The number of hydrogen-bond donors (Lipinski definition) is 3. The number of hydrogen-bond acceptors (Lipinski definition) is 11. The Labute approximate surface area is 300 Å². The van der Waals surface area contributed by atoms with E-state index in [-0.39, 0.29) is 18.0 Å². The van der Waals surface area contributed by atoms with E-state index >= 15 is 0 Å². The molecule has 16 heteroatoms. The molecule has 2 bridgehead atoms. The van der Waals surface area contributed by atoms with E-state index in [1.165, 1.54) is 24.2 Å². The molecule has 0 saturated carbocycles. The highest BCUT2D eigenvalue weighted by molar-refractivity contribution is 6.30. The average molecular weight is 714 g/mol. The Morgan fingerprint density at radius 3 is 2.67 bits per heavy atom. The van der Waals surface area contributed by atoms with Gasteiger partial charge in [0.2, 0.25) is 11.8 Å². The highest BCUT2D eigenvalue weighted by Crippen LogP contribution is 2.34. The lowest BCUT2D eigenvalue weighted by atomic mass is 9.99. The van der Waals surface area contributed by atoms with Crippen LogP contribution in [0, 0.1) is 11.3 Å². The Morgan fingerprint density at radius 2 is 1.94 bits per heavy atom. The summed E-state index contributed by atoms with van der Waals surface area (Å²) in [6.45, 7) is 1.24. The lowest BCUT2D eigenvalue weighted by Gasteiger charge is -2.28. The number of halogens is 1. The third-order valence-electron chi connectivity index (χ3n) is 8.53. The van der Waals surface area contributed by atoms with Crippen molar-refractivity contribution < 1.29 is 19.1 Å². The summed E-state index contributed by atoms with van der Waals surface area (Å²) in [6.07, 6.45) is 6.79. The highest BCUT2D eigenvalue weighted by Gasteiger charge is 2.27. The highest BCUT2D eigenvalue weighted by atomic mass is 35.5. The van der Waals surface area contributed by atoms with Crippen molar-refractivity contribution in [1.29, 1.82) is 5.26 Å². The summed E-state index contributed by atoms with van der Waals surface area (Å²) >= 11 is 6.25. The molecule has 0 spiro atoms. The maximum atomic E-state index is 13.8. The number of esters is 1. The first-order valence-electron chi connectivity index (χ1n) is 16.4. The molecule has 51 heavy (non-hydrogen) atoms. The predicted molar refractivity (Wildman–Crippen MR) is 191 cm³/mol. The lowest BCUT2D eigenvalue weighted by Crippen LogP contribution is -2.43. The van der Waals surface area contributed by atoms with Gasteiger partial charge in [0.15, 0.2) is 5.69 Å². The number of rotatable bonds is 10. The van der Waals surface area contributed by atoms with Crippen LogP contribution < -0.4 is 10.6 Å². The molecule has 2 aromatic heterocycles. The molecule has 1 aliphatic heterocycles. The van der Waals surface area contributed by atoms with Gasteiger partial charge in [0, 0.05) is 48.1 Å². The maximum absolute atomic E-state index is 13.8. The van der Waals surface area contributed by atoms with E-state index in [4.69, 9.17) is 16.3 Å². The minimum atomic E-state index is -0.598. The van der Waals surface area contributed by atoms with E-state index in [2.05, 4.69) is 42.2 Å². The number of aromatic nitrogens is 6. The van der Waals surface area contributed by atoms with Crippen molar-refractivity contribution >= 4 is 41.1 Å². The van der Waals surface area contributed by atoms with E-state index in [1.54, 1.807) is 54.4 Å². The fraction of sp³-hybridized carbons (Fsp3) is 0.371. The van der Waals surface area contributed by atoms with Gasteiger partial charge in [0.25, 0.3) is 0 Å². The number of tetrazole rings is 1. The second kappa shape index (κ2) is 16.9. The number of H-pyrrole nitrogens is 1. The third kappa shape index (κ3) is 9.35. The van der Waals surface area contributed by atoms with E-state index in [0.717, 1.165) is 0 Å². The number of nitriles is 1. The number of carbonyl (C=O) groups is 3. The quantitative estimate of drug-likeness (QED) is 0.161. The molecule has 266 valence electrons. The third-order valence-corrected chi connectivity index (χ3v) is 8.76. The molecule has 0 radical (unpaired) electrons. The fourth-order valence-electron chi connectivity index (χ4n) is 5.78. The SMILES string of the molecule is COC(=O)Cc1ccc2c(c1)N[C@@H](C(=O)N(C)CCN(C)C)CCCC[C@H](NC(=O)/C=C/c1cc(Cl)ccc1-n1cnnn1)c1nc(C#N)c-2[nH]1. The number of nitrogens with zero attached hydrogens (tertiary/aromatic N) is 8. The van der Waals surface area contributed by atoms with Gasteiger partial charge >= 0.3 is 5.97 Å². The summed E-state index contributed by atoms with van der Waals surface area (Å²) in [5.74, 6) is -0.464. The first kappa shape index (κ1) is 36.7. The topological polar surface area (TPSA) is 187 Å². The van der Waals surface area contributed by atoms with Gasteiger partial charge in [-0.05, 0) is 73.3 Å². The van der Waals surface area contributed by atoms with E-state index < -0.39 is 24.0 Å². The number of nitrogens with one attached hydrogen (secondary N) is 3. The Kier molecular flexibility index (Phi) is 12.1. The first-order valence-corrected chi connectivity index (χ1v) is 16.8. The number of methoxy groups -OCH3 is 1. The van der Waals surface area contributed by atoms with Crippen molar-refractivity contribution in [3.05, 3.63) is 76.5 Å². The molecule has 0 unspecified atom stereocenters. The largest absolute Gasteiger partial charge is 0.469 e. The lowest BCUT2D eigenvalue weighted by molar-refractivity contribution is -0.139. The molecule has 3 heterocycles. The van der Waals surface area contributed by atoms with Crippen LogP contribution in [0.5, 0.6) is 0 Å². The molecule has 4 aromatic rings. The van der Waals surface area contributed by atoms with Gasteiger partial charge in [-0.25, -0.2) is 4.98 Å². The predicted octanol–water partition coefficient (Wildman–Crippen LogP) is 3.54. The molecule has 1 aliphatic rings. The van der Waals surface area contributed by atoms with Crippen LogP contribution in [0.15, 0.2) is 48.8 Å². The van der Waals surface area contributed by atoms with Crippen LogP contribution in [0.1, 0.15) is 54.4 Å². The maximum Gasteiger partial charge on any atom is 0.309 e. The number of benzene rings is 2. The van der Waals surface area contributed by atoms with Crippen LogP contribution in [0.4, 0.5) is 5.69 Å². The fourth-order valence-corrected chi connectivity index (χ4v) is 5.96. The minimum absolute atomic E-state index is 0.0279. The zero-order chi connectivity index (χ0) is 36.5. The summed E-state index contributed by atoms with van der Waals surface area (Å²) in [5.41, 5.74) is 3.63. The molecule has 2 aromatic carbocycles. The standard InChI is InChI=1S/C35H40ClN11O4/c1-45(2)15-16-46(3)35(50)27-8-6-5-7-26(40-31(48)14-10-23-19-24(36)11-13-30(23)47-21-38-43-44-47)34-41-29(20-37)33(42-34)25-12-9-22(17-28(25)39-27)18-32(49)51-4/h9-14,17,19,21,26-27,39H,5-8,15-16,18H2,1-4H3,(H,40,48)(H,41,42)/b14-10+/t26-,27+/m0/s1. The van der Waals surface area contributed by atoms with Crippen LogP contribution in [0.2, 0.25) is 5.02 Å². The Balaban J connectivity index is 1.48. The summed E-state index contributed by atoms with van der Waals surface area (Å²) in [7, 11) is 7.01. The van der Waals surface area contributed by atoms with Gasteiger partial charge in [-0.15, -0.1) is 5.10 Å². The minimum Gasteiger partial charge on any atom is -0.469 e. The Hall–Kier alpha value is -5.59. The number of aromatic amines is 1. The molecule has 5 rings (SSSR count). The summed E-state index contributed by atoms with van der Waals surface area (Å²) in [5, 5.41) is 28.5. The second-order valence-corrected chi connectivity index (χ2v) is 12.9. The number of anilines is 1. The van der Waals surface area contributed by atoms with Gasteiger partial charge in [-0.3, -0.25) is 14.4 Å². The first-order chi connectivity index (χ1) is 24.6. The van der Waals surface area contributed by atoms with Crippen molar-refractivity contribution in [3.8, 4) is 23.0 Å². The number of carbonyl (C=O) groups excluding carboxylic acids is 3. The van der Waals surface area contributed by atoms with Crippen molar-refractivity contribution in [2.75, 3.05) is 46.7 Å². The number of ether oxygens (including phenoxy) is 1. The number of imidazole rings is 1. The normalized spacial score (nSPS) is 15.9. The smallest absolute Gasteiger partial charge is 0.309 e. The molecule has 3 N–H and O–H groups in total. The number of amides is 2. The molecule has 0 fully saturated rings. The zero-order valence-corrected chi connectivity index (χ0v) is 29.6. The second-order valence-electron chi connectivity index (χ2n) is 12.5. The molecular formula is C35H40ClN11O4. The number of fused-ring (bicyclic) bond motifs is 4. The molecule has 0 saturated heterocycles. The van der Waals surface area contributed by atoms with Crippen LogP contribution >= 0.6 is 11.6 Å². The van der Waals surface area contributed by atoms with Crippen molar-refractivity contribution in [3.63, 3.8) is 0 Å². The molecule has 2 amide bonds. The summed E-state index contributed by atoms with van der Waals surface area (Å²) < 4.78 is 6.35. The van der Waals surface area contributed by atoms with Crippen molar-refractivity contribution in [1.82, 2.24) is 45.3 Å². The Bertz CT molecular complexity index is 1930. The van der Waals surface area contributed by atoms with E-state index in [1.807, 2.05) is 19.0 Å². The molecule has 0 aliphatic carbocycles. The molecular weight excluding hydrogens is 674 g/mol. The monoisotopic (exact) mass is 713 g/mol. The van der Waals surface area contributed by atoms with Crippen LogP contribution in [0.3, 0.4) is 0 Å². The zero-order valence-electron chi connectivity index (χ0n) is 28.9. The van der Waals surface area contributed by atoms with Crippen LogP contribution in [-0.2, 0) is 25.5 Å². The van der Waals surface area contributed by atoms with Gasteiger partial charge in [0.05, 0.1) is 31.0 Å². The van der Waals surface area contributed by atoms with Gasteiger partial charge in [-0.2, -0.15) is 9.94 Å². The van der Waals surface area contributed by atoms with Crippen molar-refractivity contribution in [2.24, 2.45) is 0 Å². The van der Waals surface area contributed by atoms with Gasteiger partial charge in [0.1, 0.15) is 24.3 Å². The van der Waals surface area contributed by atoms with E-state index in [0.29, 0.717) is 83.4 Å². The van der Waals surface area contributed by atoms with Crippen LogP contribution in [-0.4, -0.2) is 105 Å². The van der Waals surface area contributed by atoms with Crippen LogP contribution in [0.25, 0.3) is 23.0 Å². The molecule has 15 nitrogen and oxygen atoms in total. The van der Waals surface area contributed by atoms with Gasteiger partial charge in [-0.1, -0.05) is 36.6 Å². The van der Waals surface area contributed by atoms with Gasteiger partial charge < -0.3 is 30.2 Å². The summed E-state index contributed by atoms with van der Waals surface area (Å²) in [6, 6.07) is 11.5. The number of likely N-dealkylation sites (N-methyl/N-ethyl adjacent to an activating group) is 2.